The Morgan fingerprint density at radius 3 is 2.38 bits per heavy atom. The van der Waals surface area contributed by atoms with E-state index in [1.165, 1.54) is 11.8 Å². The van der Waals surface area contributed by atoms with Crippen molar-refractivity contribution in [1.82, 2.24) is 0 Å². The number of cyclic esters (lactones) is 1. The van der Waals surface area contributed by atoms with E-state index in [9.17, 15) is 18.3 Å². The summed E-state index contributed by atoms with van der Waals surface area (Å²) in [5.41, 5.74) is 1.86. The molecule has 0 saturated heterocycles. The standard InChI is InChI=1S/C24H29NO5S2/c1-16(2)18-10-6-7-11-21(18)31-22-13-12-20(30-24(22)27)23(32(25,28)29)19(14-15-26)17-8-4-3-5-9-17/h3-11,13,16,19-20,23,26H,12,14-15H2,1-2H3,(H2,25,28,29). The van der Waals surface area contributed by atoms with E-state index in [0.717, 1.165) is 16.0 Å². The molecule has 3 N–H and O–H groups in total. The first-order valence-corrected chi connectivity index (χ1v) is 13.0. The molecule has 6 nitrogen and oxygen atoms in total. The van der Waals surface area contributed by atoms with E-state index in [2.05, 4.69) is 13.8 Å². The van der Waals surface area contributed by atoms with Gasteiger partial charge < -0.3 is 9.84 Å². The first-order chi connectivity index (χ1) is 15.2. The number of aliphatic hydroxyl groups excluding tert-OH is 1. The lowest BCUT2D eigenvalue weighted by Gasteiger charge is -2.33. The molecule has 2 aromatic rings. The molecule has 0 aromatic heterocycles. The maximum absolute atomic E-state index is 12.8. The minimum absolute atomic E-state index is 0.187. The molecule has 0 radical (unpaired) electrons. The first-order valence-electron chi connectivity index (χ1n) is 10.6. The summed E-state index contributed by atoms with van der Waals surface area (Å²) in [4.78, 5) is 14.2. The Labute approximate surface area is 193 Å². The van der Waals surface area contributed by atoms with Crippen LogP contribution in [-0.4, -0.2) is 37.5 Å². The monoisotopic (exact) mass is 475 g/mol. The number of hydrogen-bond donors (Lipinski definition) is 2. The zero-order valence-electron chi connectivity index (χ0n) is 18.2. The normalized spacial score (nSPS) is 18.7. The fraction of sp³-hybridized carbons (Fsp3) is 0.375. The van der Waals surface area contributed by atoms with Gasteiger partial charge in [-0.3, -0.25) is 0 Å². The van der Waals surface area contributed by atoms with Gasteiger partial charge in [-0.15, -0.1) is 0 Å². The molecule has 0 spiro atoms. The van der Waals surface area contributed by atoms with Gasteiger partial charge >= 0.3 is 5.97 Å². The van der Waals surface area contributed by atoms with Crippen LogP contribution >= 0.6 is 11.8 Å². The van der Waals surface area contributed by atoms with Crippen LogP contribution in [-0.2, 0) is 19.6 Å². The Morgan fingerprint density at radius 2 is 1.78 bits per heavy atom. The van der Waals surface area contributed by atoms with Crippen LogP contribution in [0.4, 0.5) is 0 Å². The Balaban J connectivity index is 1.89. The topological polar surface area (TPSA) is 107 Å². The number of hydrogen-bond acceptors (Lipinski definition) is 6. The number of ether oxygens (including phenoxy) is 1. The summed E-state index contributed by atoms with van der Waals surface area (Å²) in [5, 5.41) is 14.0. The van der Waals surface area contributed by atoms with E-state index in [0.29, 0.717) is 10.8 Å². The SMILES string of the molecule is CC(C)c1ccccc1SC1=CCC(C(C(CCO)c2ccccc2)S(N)(=O)=O)OC1=O. The van der Waals surface area contributed by atoms with Gasteiger partial charge in [-0.05, 0) is 29.5 Å². The lowest BCUT2D eigenvalue weighted by Crippen LogP contribution is -2.46. The second-order valence-electron chi connectivity index (χ2n) is 8.13. The summed E-state index contributed by atoms with van der Waals surface area (Å²) < 4.78 is 30.8. The molecule has 172 valence electrons. The van der Waals surface area contributed by atoms with Crippen molar-refractivity contribution in [2.75, 3.05) is 6.61 Å². The fourth-order valence-electron chi connectivity index (χ4n) is 4.06. The molecule has 1 aliphatic rings. The Morgan fingerprint density at radius 1 is 1.12 bits per heavy atom. The molecule has 3 atom stereocenters. The number of primary sulfonamides is 1. The van der Waals surface area contributed by atoms with Crippen LogP contribution in [0.2, 0.25) is 0 Å². The quantitative estimate of drug-likeness (QED) is 0.532. The molecule has 8 heteroatoms. The number of carbonyl (C=O) groups is 1. The van der Waals surface area contributed by atoms with Gasteiger partial charge in [0.15, 0.2) is 0 Å². The molecule has 3 unspecified atom stereocenters. The van der Waals surface area contributed by atoms with E-state index < -0.39 is 33.3 Å². The minimum Gasteiger partial charge on any atom is -0.457 e. The van der Waals surface area contributed by atoms with Crippen LogP contribution in [0.3, 0.4) is 0 Å². The van der Waals surface area contributed by atoms with Crippen LogP contribution in [0.25, 0.3) is 0 Å². The summed E-state index contributed by atoms with van der Waals surface area (Å²) in [6.07, 6.45) is 1.22. The second-order valence-corrected chi connectivity index (χ2v) is 10.9. The summed E-state index contributed by atoms with van der Waals surface area (Å²) in [6.45, 7) is 3.96. The molecule has 0 saturated carbocycles. The molecule has 1 aliphatic heterocycles. The van der Waals surface area contributed by atoms with Gasteiger partial charge in [0.1, 0.15) is 11.4 Å². The summed E-state index contributed by atoms with van der Waals surface area (Å²) in [6, 6.07) is 16.9. The number of aliphatic hydroxyl groups is 1. The van der Waals surface area contributed by atoms with Crippen molar-refractivity contribution in [3.05, 3.63) is 76.7 Å². The van der Waals surface area contributed by atoms with Gasteiger partial charge in [0.25, 0.3) is 0 Å². The van der Waals surface area contributed by atoms with Gasteiger partial charge in [-0.2, -0.15) is 0 Å². The fourth-order valence-corrected chi connectivity index (χ4v) is 6.52. The zero-order valence-corrected chi connectivity index (χ0v) is 19.8. The second kappa shape index (κ2) is 10.7. The van der Waals surface area contributed by atoms with Crippen molar-refractivity contribution < 1.29 is 23.1 Å². The molecule has 0 bridgehead atoms. The average Bonchev–Trinajstić information content (AvgIpc) is 2.75. The Hall–Kier alpha value is -2.13. The van der Waals surface area contributed by atoms with Crippen LogP contribution < -0.4 is 5.14 Å². The largest absolute Gasteiger partial charge is 0.457 e. The third-order valence-electron chi connectivity index (χ3n) is 5.57. The van der Waals surface area contributed by atoms with Gasteiger partial charge in [-0.25, -0.2) is 18.4 Å². The van der Waals surface area contributed by atoms with Crippen molar-refractivity contribution in [3.8, 4) is 0 Å². The zero-order chi connectivity index (χ0) is 23.3. The highest BCUT2D eigenvalue weighted by Crippen LogP contribution is 2.38. The molecule has 0 aliphatic carbocycles. The number of thioether (sulfide) groups is 1. The number of rotatable bonds is 9. The number of esters is 1. The average molecular weight is 476 g/mol. The molecule has 0 fully saturated rings. The molecule has 2 aromatic carbocycles. The maximum atomic E-state index is 12.8. The van der Waals surface area contributed by atoms with E-state index in [1.807, 2.05) is 30.3 Å². The third kappa shape index (κ3) is 5.81. The van der Waals surface area contributed by atoms with E-state index in [4.69, 9.17) is 9.88 Å². The first kappa shape index (κ1) is 24.5. The molecule has 3 rings (SSSR count). The summed E-state index contributed by atoms with van der Waals surface area (Å²) in [7, 11) is -4.08. The summed E-state index contributed by atoms with van der Waals surface area (Å²) >= 11 is 1.33. The van der Waals surface area contributed by atoms with E-state index in [1.54, 1.807) is 30.3 Å². The Bertz CT molecular complexity index is 1070. The van der Waals surface area contributed by atoms with E-state index in [-0.39, 0.29) is 19.4 Å². The smallest absolute Gasteiger partial charge is 0.344 e. The van der Waals surface area contributed by atoms with Crippen LogP contribution in [0.5, 0.6) is 0 Å². The minimum atomic E-state index is -4.08. The van der Waals surface area contributed by atoms with Gasteiger partial charge in [-0.1, -0.05) is 80.2 Å². The summed E-state index contributed by atoms with van der Waals surface area (Å²) in [5.74, 6) is -0.865. The van der Waals surface area contributed by atoms with E-state index >= 15 is 0 Å². The number of carbonyl (C=O) groups excluding carboxylic acids is 1. The van der Waals surface area contributed by atoms with Crippen LogP contribution in [0.15, 0.2) is 70.5 Å². The molecule has 0 amide bonds. The van der Waals surface area contributed by atoms with Gasteiger partial charge in [0.2, 0.25) is 10.0 Å². The maximum Gasteiger partial charge on any atom is 0.344 e. The predicted molar refractivity (Wildman–Crippen MR) is 127 cm³/mol. The lowest BCUT2D eigenvalue weighted by molar-refractivity contribution is -0.144. The molecular weight excluding hydrogens is 446 g/mol. The highest BCUT2D eigenvalue weighted by molar-refractivity contribution is 8.04. The highest BCUT2D eigenvalue weighted by atomic mass is 32.2. The van der Waals surface area contributed by atoms with Crippen molar-refractivity contribution in [2.45, 2.75) is 54.8 Å². The molecule has 32 heavy (non-hydrogen) atoms. The molecular formula is C24H29NO5S2. The van der Waals surface area contributed by atoms with Gasteiger partial charge in [0, 0.05) is 23.8 Å². The highest BCUT2D eigenvalue weighted by Gasteiger charge is 2.42. The predicted octanol–water partition coefficient (Wildman–Crippen LogP) is 3.92. The van der Waals surface area contributed by atoms with Crippen molar-refractivity contribution >= 4 is 27.8 Å². The number of nitrogens with two attached hydrogens (primary N) is 1. The van der Waals surface area contributed by atoms with Crippen molar-refractivity contribution in [1.29, 1.82) is 0 Å². The van der Waals surface area contributed by atoms with Crippen molar-refractivity contribution in [2.24, 2.45) is 5.14 Å². The number of sulfonamides is 1. The van der Waals surface area contributed by atoms with Crippen molar-refractivity contribution in [3.63, 3.8) is 0 Å². The van der Waals surface area contributed by atoms with Crippen LogP contribution in [0.1, 0.15) is 49.7 Å². The lowest BCUT2D eigenvalue weighted by atomic mass is 9.88. The van der Waals surface area contributed by atoms with Gasteiger partial charge in [0.05, 0.1) is 4.91 Å². The third-order valence-corrected chi connectivity index (χ3v) is 8.10. The molecule has 1 heterocycles. The van der Waals surface area contributed by atoms with Crippen LogP contribution in [0, 0.1) is 0 Å². The number of benzene rings is 2. The Kier molecular flexibility index (Phi) is 8.16.